The van der Waals surface area contributed by atoms with Crippen molar-refractivity contribution in [3.8, 4) is 0 Å². The number of methoxy groups -OCH3 is 1. The van der Waals surface area contributed by atoms with Gasteiger partial charge < -0.3 is 9.64 Å². The Labute approximate surface area is 128 Å². The third-order valence-electron chi connectivity index (χ3n) is 4.52. The average molecular weight is 305 g/mol. The molecule has 2 fully saturated rings. The minimum atomic E-state index is -0.535. The van der Waals surface area contributed by atoms with Gasteiger partial charge in [-0.05, 0) is 25.5 Å². The molecule has 2 aliphatic rings. The predicted octanol–water partition coefficient (Wildman–Crippen LogP) is 1.67. The van der Waals surface area contributed by atoms with Crippen LogP contribution in [-0.4, -0.2) is 55.1 Å². The number of ether oxygens (including phenoxy) is 1. The Hall–Kier alpha value is -2.15. The Morgan fingerprint density at radius 1 is 1.36 bits per heavy atom. The molecule has 0 amide bonds. The second-order valence-corrected chi connectivity index (χ2v) is 5.73. The number of nitro groups is 1. The predicted molar refractivity (Wildman–Crippen MR) is 81.2 cm³/mol. The van der Waals surface area contributed by atoms with Gasteiger partial charge in [0.15, 0.2) is 0 Å². The van der Waals surface area contributed by atoms with Crippen LogP contribution < -0.4 is 4.90 Å². The summed E-state index contributed by atoms with van der Waals surface area (Å²) in [5.41, 5.74) is 0.899. The van der Waals surface area contributed by atoms with Crippen molar-refractivity contribution in [3.05, 3.63) is 33.9 Å². The van der Waals surface area contributed by atoms with Gasteiger partial charge in [0, 0.05) is 37.8 Å². The van der Waals surface area contributed by atoms with Crippen LogP contribution in [0, 0.1) is 10.1 Å². The second kappa shape index (κ2) is 5.92. The number of nitro benzene ring substituents is 1. The monoisotopic (exact) mass is 305 g/mol. The fourth-order valence-corrected chi connectivity index (χ4v) is 3.40. The lowest BCUT2D eigenvalue weighted by Crippen LogP contribution is -2.50. The van der Waals surface area contributed by atoms with Crippen molar-refractivity contribution in [1.29, 1.82) is 0 Å². The van der Waals surface area contributed by atoms with Crippen LogP contribution in [0.2, 0.25) is 0 Å². The smallest absolute Gasteiger partial charge is 0.340 e. The van der Waals surface area contributed by atoms with E-state index in [-0.39, 0.29) is 11.3 Å². The van der Waals surface area contributed by atoms with E-state index in [9.17, 15) is 14.9 Å². The summed E-state index contributed by atoms with van der Waals surface area (Å²) in [6, 6.07) is 4.93. The first-order valence-corrected chi connectivity index (χ1v) is 7.46. The fourth-order valence-electron chi connectivity index (χ4n) is 3.40. The SMILES string of the molecule is COC(=O)c1cc([N+](=O)[O-])ccc1N1CCN2CCCC2C1. The number of fused-ring (bicyclic) bond motifs is 1. The zero-order chi connectivity index (χ0) is 15.7. The summed E-state index contributed by atoms with van der Waals surface area (Å²) in [4.78, 5) is 27.1. The van der Waals surface area contributed by atoms with Crippen LogP contribution in [0.4, 0.5) is 11.4 Å². The van der Waals surface area contributed by atoms with Gasteiger partial charge >= 0.3 is 5.97 Å². The molecule has 0 aliphatic carbocycles. The fraction of sp³-hybridized carbons (Fsp3) is 0.533. The first-order valence-electron chi connectivity index (χ1n) is 7.46. The van der Waals surface area contributed by atoms with Crippen molar-refractivity contribution >= 4 is 17.3 Å². The second-order valence-electron chi connectivity index (χ2n) is 5.73. The molecule has 1 unspecified atom stereocenters. The summed E-state index contributed by atoms with van der Waals surface area (Å²) in [6.45, 7) is 3.77. The summed E-state index contributed by atoms with van der Waals surface area (Å²) in [6.07, 6.45) is 2.37. The van der Waals surface area contributed by atoms with E-state index in [4.69, 9.17) is 4.74 Å². The van der Waals surface area contributed by atoms with Crippen molar-refractivity contribution in [2.24, 2.45) is 0 Å². The molecular weight excluding hydrogens is 286 g/mol. The highest BCUT2D eigenvalue weighted by Crippen LogP contribution is 2.30. The van der Waals surface area contributed by atoms with E-state index in [1.165, 1.54) is 25.7 Å². The van der Waals surface area contributed by atoms with Gasteiger partial charge in [-0.2, -0.15) is 0 Å². The molecule has 7 heteroatoms. The van der Waals surface area contributed by atoms with E-state index in [1.807, 2.05) is 0 Å². The lowest BCUT2D eigenvalue weighted by molar-refractivity contribution is -0.384. The molecule has 2 saturated heterocycles. The molecule has 0 radical (unpaired) electrons. The van der Waals surface area contributed by atoms with Gasteiger partial charge in [-0.25, -0.2) is 4.79 Å². The number of benzene rings is 1. The number of hydrogen-bond acceptors (Lipinski definition) is 6. The molecule has 1 aromatic rings. The Kier molecular flexibility index (Phi) is 3.98. The molecule has 0 N–H and O–H groups in total. The zero-order valence-electron chi connectivity index (χ0n) is 12.5. The van der Waals surface area contributed by atoms with E-state index in [2.05, 4.69) is 9.80 Å². The number of rotatable bonds is 3. The van der Waals surface area contributed by atoms with E-state index in [1.54, 1.807) is 6.07 Å². The zero-order valence-corrected chi connectivity index (χ0v) is 12.5. The van der Waals surface area contributed by atoms with Crippen LogP contribution in [0.15, 0.2) is 18.2 Å². The van der Waals surface area contributed by atoms with Gasteiger partial charge in [0.1, 0.15) is 0 Å². The molecule has 118 valence electrons. The van der Waals surface area contributed by atoms with Gasteiger partial charge in [0.05, 0.1) is 23.3 Å². The highest BCUT2D eigenvalue weighted by atomic mass is 16.6. The summed E-state index contributed by atoms with van der Waals surface area (Å²) >= 11 is 0. The largest absolute Gasteiger partial charge is 0.465 e. The molecule has 0 bridgehead atoms. The van der Waals surface area contributed by atoms with Gasteiger partial charge in [-0.1, -0.05) is 0 Å². The Bertz CT molecular complexity index is 604. The number of carbonyl (C=O) groups is 1. The molecule has 22 heavy (non-hydrogen) atoms. The van der Waals surface area contributed by atoms with E-state index >= 15 is 0 Å². The molecular formula is C15H19N3O4. The summed E-state index contributed by atoms with van der Waals surface area (Å²) < 4.78 is 4.79. The molecule has 3 rings (SSSR count). The highest BCUT2D eigenvalue weighted by Gasteiger charge is 2.32. The van der Waals surface area contributed by atoms with E-state index < -0.39 is 10.9 Å². The summed E-state index contributed by atoms with van der Waals surface area (Å²) in [5, 5.41) is 10.9. The molecule has 0 saturated carbocycles. The number of anilines is 1. The van der Waals surface area contributed by atoms with Crippen molar-refractivity contribution in [3.63, 3.8) is 0 Å². The quantitative estimate of drug-likeness (QED) is 0.480. The van der Waals surface area contributed by atoms with Crippen LogP contribution in [0.1, 0.15) is 23.2 Å². The van der Waals surface area contributed by atoms with Crippen LogP contribution >= 0.6 is 0 Å². The molecule has 1 atom stereocenters. The number of nitrogens with zero attached hydrogens (tertiary/aromatic N) is 3. The van der Waals surface area contributed by atoms with Gasteiger partial charge in [-0.15, -0.1) is 0 Å². The first kappa shape index (κ1) is 14.8. The number of non-ortho nitro benzene ring substituents is 1. The van der Waals surface area contributed by atoms with E-state index in [0.29, 0.717) is 6.04 Å². The third-order valence-corrected chi connectivity index (χ3v) is 4.52. The van der Waals surface area contributed by atoms with Crippen LogP contribution in [0.25, 0.3) is 0 Å². The summed E-state index contributed by atoms with van der Waals surface area (Å²) in [7, 11) is 1.29. The third kappa shape index (κ3) is 2.64. The maximum absolute atomic E-state index is 12.0. The van der Waals surface area contributed by atoms with Crippen molar-refractivity contribution in [1.82, 2.24) is 4.90 Å². The molecule has 7 nitrogen and oxygen atoms in total. The van der Waals surface area contributed by atoms with E-state index in [0.717, 1.165) is 38.3 Å². The van der Waals surface area contributed by atoms with Gasteiger partial charge in [-0.3, -0.25) is 15.0 Å². The average Bonchev–Trinajstić information content (AvgIpc) is 3.00. The molecule has 2 heterocycles. The Balaban J connectivity index is 1.91. The summed E-state index contributed by atoms with van der Waals surface area (Å²) in [5.74, 6) is -0.535. The highest BCUT2D eigenvalue weighted by molar-refractivity contribution is 5.96. The van der Waals surface area contributed by atoms with Crippen LogP contribution in [0.3, 0.4) is 0 Å². The lowest BCUT2D eigenvalue weighted by atomic mass is 10.1. The molecule has 0 aromatic heterocycles. The molecule has 2 aliphatic heterocycles. The van der Waals surface area contributed by atoms with Gasteiger partial charge in [0.25, 0.3) is 5.69 Å². The number of carbonyl (C=O) groups excluding carboxylic acids is 1. The van der Waals surface area contributed by atoms with Crippen LogP contribution in [0.5, 0.6) is 0 Å². The maximum Gasteiger partial charge on any atom is 0.340 e. The number of hydrogen-bond donors (Lipinski definition) is 0. The topological polar surface area (TPSA) is 75.9 Å². The first-order chi connectivity index (χ1) is 10.6. The number of piperazine rings is 1. The number of esters is 1. The minimum absolute atomic E-state index is 0.0938. The maximum atomic E-state index is 12.0. The normalized spacial score (nSPS) is 21.5. The molecule has 1 aromatic carbocycles. The van der Waals surface area contributed by atoms with Crippen molar-refractivity contribution in [2.45, 2.75) is 18.9 Å². The van der Waals surface area contributed by atoms with Crippen molar-refractivity contribution < 1.29 is 14.5 Å². The van der Waals surface area contributed by atoms with Gasteiger partial charge in [0.2, 0.25) is 0 Å². The van der Waals surface area contributed by atoms with Crippen molar-refractivity contribution in [2.75, 3.05) is 38.2 Å². The Morgan fingerprint density at radius 2 is 2.18 bits per heavy atom. The van der Waals surface area contributed by atoms with Crippen LogP contribution in [-0.2, 0) is 4.74 Å². The molecule has 0 spiro atoms. The minimum Gasteiger partial charge on any atom is -0.465 e. The lowest BCUT2D eigenvalue weighted by Gasteiger charge is -2.39. The Morgan fingerprint density at radius 3 is 2.91 bits per heavy atom. The standard InChI is InChI=1S/C15H19N3O4/c1-22-15(19)13-9-11(18(20)21)4-5-14(13)17-8-7-16-6-2-3-12(16)10-17/h4-5,9,12H,2-3,6-8,10H2,1H3.